The first-order valence-corrected chi connectivity index (χ1v) is 2.94. The number of aromatic nitrogens is 1. The van der Waals surface area contributed by atoms with Crippen molar-refractivity contribution < 1.29 is 4.52 Å². The zero-order chi connectivity index (χ0) is 6.69. The van der Waals surface area contributed by atoms with Gasteiger partial charge in [0, 0.05) is 5.22 Å². The molecule has 0 saturated heterocycles. The van der Waals surface area contributed by atoms with Crippen LogP contribution in [0.25, 0.3) is 12.7 Å². The molecular formula is C7H9NO. The second-order valence-corrected chi connectivity index (χ2v) is 1.83. The highest BCUT2D eigenvalue weighted by Crippen LogP contribution is 1.71. The first-order chi connectivity index (χ1) is 4.34. The van der Waals surface area contributed by atoms with Gasteiger partial charge in [-0.2, -0.15) is 0 Å². The van der Waals surface area contributed by atoms with Gasteiger partial charge in [-0.1, -0.05) is 18.7 Å². The van der Waals surface area contributed by atoms with Crippen LogP contribution in [0.3, 0.4) is 0 Å². The summed E-state index contributed by atoms with van der Waals surface area (Å²) in [4.78, 5) is 0. The lowest BCUT2D eigenvalue weighted by molar-refractivity contribution is 0.393. The molecule has 0 fully saturated rings. The molecule has 0 amide bonds. The lowest BCUT2D eigenvalue weighted by Gasteiger charge is -1.71. The van der Waals surface area contributed by atoms with Crippen molar-refractivity contribution in [3.8, 4) is 0 Å². The Kier molecular flexibility index (Phi) is 1.68. The van der Waals surface area contributed by atoms with Gasteiger partial charge in [-0.05, 0) is 12.5 Å². The fourth-order valence-electron chi connectivity index (χ4n) is 0.623. The third-order valence-electron chi connectivity index (χ3n) is 1.07. The molecule has 48 valence electrons. The predicted octanol–water partition coefficient (Wildman–Crippen LogP) is 0.275. The van der Waals surface area contributed by atoms with Gasteiger partial charge in [-0.25, -0.2) is 0 Å². The molecule has 0 bridgehead atoms. The summed E-state index contributed by atoms with van der Waals surface area (Å²) in [6, 6.07) is 0. The third kappa shape index (κ3) is 1.19. The van der Waals surface area contributed by atoms with E-state index in [4.69, 9.17) is 4.52 Å². The highest BCUT2D eigenvalue weighted by atomic mass is 16.5. The quantitative estimate of drug-likeness (QED) is 0.536. The molecule has 0 atom stereocenters. The monoisotopic (exact) mass is 123 g/mol. The van der Waals surface area contributed by atoms with Crippen LogP contribution in [0.4, 0.5) is 0 Å². The average molecular weight is 123 g/mol. The van der Waals surface area contributed by atoms with E-state index in [9.17, 15) is 0 Å². The van der Waals surface area contributed by atoms with Gasteiger partial charge in [0.25, 0.3) is 0 Å². The van der Waals surface area contributed by atoms with Crippen molar-refractivity contribution in [1.82, 2.24) is 5.16 Å². The van der Waals surface area contributed by atoms with E-state index in [1.807, 2.05) is 13.0 Å². The lowest BCUT2D eigenvalue weighted by atomic mass is 10.4. The maximum absolute atomic E-state index is 4.84. The zero-order valence-electron chi connectivity index (χ0n) is 5.42. The molecule has 9 heavy (non-hydrogen) atoms. The second-order valence-electron chi connectivity index (χ2n) is 1.83. The number of hydrogen-bond acceptors (Lipinski definition) is 2. The molecule has 2 nitrogen and oxygen atoms in total. The van der Waals surface area contributed by atoms with Gasteiger partial charge < -0.3 is 4.52 Å². The normalized spacial score (nSPS) is 12.3. The summed E-state index contributed by atoms with van der Waals surface area (Å²) in [6.07, 6.45) is 4.52. The predicted molar refractivity (Wildman–Crippen MR) is 36.0 cm³/mol. The van der Waals surface area contributed by atoms with Crippen LogP contribution in [0.2, 0.25) is 0 Å². The largest absolute Gasteiger partial charge is 0.357 e. The van der Waals surface area contributed by atoms with Crippen LogP contribution >= 0.6 is 0 Å². The lowest BCUT2D eigenvalue weighted by Crippen LogP contribution is -2.16. The summed E-state index contributed by atoms with van der Waals surface area (Å²) in [7, 11) is 0. The maximum Gasteiger partial charge on any atom is 0.162 e. The van der Waals surface area contributed by atoms with E-state index in [0.29, 0.717) is 0 Å². The minimum Gasteiger partial charge on any atom is -0.357 e. The highest BCUT2D eigenvalue weighted by molar-refractivity contribution is 5.17. The average Bonchev–Trinajstić information content (AvgIpc) is 2.18. The van der Waals surface area contributed by atoms with Crippen LogP contribution in [0.15, 0.2) is 10.7 Å². The minimum absolute atomic E-state index is 0.789. The van der Waals surface area contributed by atoms with Gasteiger partial charge >= 0.3 is 0 Å². The van der Waals surface area contributed by atoms with Gasteiger partial charge in [0.05, 0.1) is 6.20 Å². The van der Waals surface area contributed by atoms with E-state index in [-0.39, 0.29) is 0 Å². The summed E-state index contributed by atoms with van der Waals surface area (Å²) in [5, 5.41) is 4.43. The SMILES string of the molecule is C=c1cno/c1=C\CC. The smallest absolute Gasteiger partial charge is 0.162 e. The Labute approximate surface area is 53.5 Å². The topological polar surface area (TPSA) is 26.0 Å². The van der Waals surface area contributed by atoms with Crippen molar-refractivity contribution in [3.05, 3.63) is 16.8 Å². The molecule has 1 rings (SSSR count). The summed E-state index contributed by atoms with van der Waals surface area (Å²) in [5.41, 5.74) is 0.789. The molecule has 1 heterocycles. The van der Waals surface area contributed by atoms with Crippen LogP contribution in [0.1, 0.15) is 13.3 Å². The van der Waals surface area contributed by atoms with Crippen LogP contribution < -0.4 is 10.6 Å². The Morgan fingerprint density at radius 1 is 1.89 bits per heavy atom. The highest BCUT2D eigenvalue weighted by Gasteiger charge is 1.82. The number of hydrogen-bond donors (Lipinski definition) is 0. The summed E-state index contributed by atoms with van der Waals surface area (Å²) in [6.45, 7) is 5.76. The molecule has 0 radical (unpaired) electrons. The van der Waals surface area contributed by atoms with Crippen molar-refractivity contribution in [2.45, 2.75) is 13.3 Å². The molecule has 0 aliphatic carbocycles. The van der Waals surface area contributed by atoms with E-state index in [0.717, 1.165) is 17.1 Å². The van der Waals surface area contributed by atoms with E-state index in [2.05, 4.69) is 11.7 Å². The minimum atomic E-state index is 0.789. The number of nitrogens with zero attached hydrogens (tertiary/aromatic N) is 1. The molecule has 0 saturated carbocycles. The Balaban J connectivity index is 3.23. The molecule has 2 heteroatoms. The second kappa shape index (κ2) is 2.49. The fourth-order valence-corrected chi connectivity index (χ4v) is 0.623. The number of rotatable bonds is 1. The van der Waals surface area contributed by atoms with E-state index in [1.165, 1.54) is 0 Å². The fraction of sp³-hybridized carbons (Fsp3) is 0.286. The zero-order valence-corrected chi connectivity index (χ0v) is 5.42. The van der Waals surface area contributed by atoms with E-state index in [1.54, 1.807) is 6.20 Å². The molecule has 0 aliphatic heterocycles. The van der Waals surface area contributed by atoms with Crippen LogP contribution in [0, 0.1) is 0 Å². The molecule has 0 aliphatic rings. The molecule has 0 unspecified atom stereocenters. The van der Waals surface area contributed by atoms with Crippen LogP contribution in [-0.2, 0) is 0 Å². The Hall–Kier alpha value is -1.05. The van der Waals surface area contributed by atoms with Gasteiger partial charge in [0.2, 0.25) is 0 Å². The first-order valence-electron chi connectivity index (χ1n) is 2.94. The Morgan fingerprint density at radius 3 is 3.11 bits per heavy atom. The van der Waals surface area contributed by atoms with Gasteiger partial charge in [-0.3, -0.25) is 0 Å². The van der Waals surface area contributed by atoms with Crippen molar-refractivity contribution in [2.24, 2.45) is 0 Å². The van der Waals surface area contributed by atoms with Gasteiger partial charge in [0.1, 0.15) is 0 Å². The van der Waals surface area contributed by atoms with Crippen molar-refractivity contribution in [2.75, 3.05) is 0 Å². The van der Waals surface area contributed by atoms with Crippen molar-refractivity contribution in [3.63, 3.8) is 0 Å². The molecule has 1 aromatic rings. The van der Waals surface area contributed by atoms with Crippen LogP contribution in [-0.4, -0.2) is 5.16 Å². The summed E-state index contributed by atoms with van der Waals surface area (Å²) >= 11 is 0. The molecular weight excluding hydrogens is 114 g/mol. The summed E-state index contributed by atoms with van der Waals surface area (Å²) < 4.78 is 4.84. The Morgan fingerprint density at radius 2 is 2.67 bits per heavy atom. The maximum atomic E-state index is 4.84. The standard InChI is InChI=1S/C7H9NO/c1-3-4-7-6(2)5-8-9-7/h4-5H,2-3H2,1H3/b7-4-. The van der Waals surface area contributed by atoms with E-state index < -0.39 is 0 Å². The Bertz CT molecular complexity index is 273. The molecule has 0 N–H and O–H groups in total. The molecule has 1 aromatic heterocycles. The van der Waals surface area contributed by atoms with Crippen molar-refractivity contribution >= 4 is 12.7 Å². The first kappa shape index (κ1) is 6.08. The van der Waals surface area contributed by atoms with E-state index >= 15 is 0 Å². The summed E-state index contributed by atoms with van der Waals surface area (Å²) in [5.74, 6) is 0. The third-order valence-corrected chi connectivity index (χ3v) is 1.07. The van der Waals surface area contributed by atoms with Gasteiger partial charge in [0.15, 0.2) is 5.42 Å². The van der Waals surface area contributed by atoms with Gasteiger partial charge in [-0.15, -0.1) is 0 Å². The van der Waals surface area contributed by atoms with Crippen molar-refractivity contribution in [1.29, 1.82) is 0 Å². The molecule has 0 spiro atoms. The van der Waals surface area contributed by atoms with Crippen LogP contribution in [0.5, 0.6) is 0 Å². The molecule has 0 aromatic carbocycles.